The van der Waals surface area contributed by atoms with Crippen molar-refractivity contribution in [3.8, 4) is 5.75 Å². The Morgan fingerprint density at radius 2 is 1.86 bits per heavy atom. The predicted molar refractivity (Wildman–Crippen MR) is 110 cm³/mol. The highest BCUT2D eigenvalue weighted by Gasteiger charge is 2.18. The van der Waals surface area contributed by atoms with Gasteiger partial charge in [0.1, 0.15) is 22.9 Å². The van der Waals surface area contributed by atoms with Gasteiger partial charge in [-0.05, 0) is 69.5 Å². The normalized spacial score (nSPS) is 11.8. The summed E-state index contributed by atoms with van der Waals surface area (Å²) in [7, 11) is 1.60. The average Bonchev–Trinajstić information content (AvgIpc) is 2.93. The third kappa shape index (κ3) is 3.52. The van der Waals surface area contributed by atoms with E-state index in [1.807, 2.05) is 33.8 Å². The molecule has 28 heavy (non-hydrogen) atoms. The van der Waals surface area contributed by atoms with Crippen molar-refractivity contribution in [1.82, 2.24) is 0 Å². The maximum Gasteiger partial charge on any atom is 0.248 e. The van der Waals surface area contributed by atoms with Gasteiger partial charge in [0.05, 0.1) is 7.11 Å². The summed E-state index contributed by atoms with van der Waals surface area (Å²) in [5.74, 6) is 0.843. The van der Waals surface area contributed by atoms with Crippen LogP contribution in [-0.2, 0) is 4.79 Å². The average molecular weight is 381 g/mol. The summed E-state index contributed by atoms with van der Waals surface area (Å²) < 4.78 is 25.2. The van der Waals surface area contributed by atoms with Crippen LogP contribution < -0.4 is 10.1 Å². The van der Waals surface area contributed by atoms with Gasteiger partial charge in [-0.2, -0.15) is 0 Å². The maximum absolute atomic E-state index is 13.7. The molecular weight excluding hydrogens is 357 g/mol. The van der Waals surface area contributed by atoms with Crippen molar-refractivity contribution < 1.29 is 18.3 Å². The van der Waals surface area contributed by atoms with Crippen molar-refractivity contribution in [1.29, 1.82) is 0 Å². The van der Waals surface area contributed by atoms with Gasteiger partial charge in [0.2, 0.25) is 5.91 Å². The molecule has 1 N–H and O–H groups in total. The van der Waals surface area contributed by atoms with Gasteiger partial charge in [-0.25, -0.2) is 4.39 Å². The van der Waals surface area contributed by atoms with Crippen LogP contribution in [0.4, 0.5) is 10.1 Å². The van der Waals surface area contributed by atoms with E-state index < -0.39 is 0 Å². The lowest BCUT2D eigenvalue weighted by Gasteiger charge is -2.13. The summed E-state index contributed by atoms with van der Waals surface area (Å²) in [6.07, 6.45) is 1.49. The number of methoxy groups -OCH3 is 1. The van der Waals surface area contributed by atoms with E-state index in [0.717, 1.165) is 39.0 Å². The Morgan fingerprint density at radius 1 is 1.14 bits per heavy atom. The summed E-state index contributed by atoms with van der Waals surface area (Å²) in [6.45, 7) is 9.40. The van der Waals surface area contributed by atoms with Gasteiger partial charge in [-0.1, -0.05) is 6.07 Å². The van der Waals surface area contributed by atoms with Gasteiger partial charge in [0.25, 0.3) is 0 Å². The predicted octanol–water partition coefficient (Wildman–Crippen LogP) is 5.86. The molecular formula is C23H24FNO3. The number of allylic oxidation sites excluding steroid dienone is 1. The van der Waals surface area contributed by atoms with Gasteiger partial charge >= 0.3 is 0 Å². The van der Waals surface area contributed by atoms with Gasteiger partial charge in [0.15, 0.2) is 0 Å². The van der Waals surface area contributed by atoms with Crippen molar-refractivity contribution in [3.05, 3.63) is 64.2 Å². The number of carbonyl (C=O) groups is 1. The van der Waals surface area contributed by atoms with Crippen molar-refractivity contribution in [3.63, 3.8) is 0 Å². The number of anilines is 1. The van der Waals surface area contributed by atoms with E-state index in [4.69, 9.17) is 9.15 Å². The molecule has 1 heterocycles. The summed E-state index contributed by atoms with van der Waals surface area (Å²) >= 11 is 0. The Balaban J connectivity index is 1.99. The summed E-state index contributed by atoms with van der Waals surface area (Å²) in [6, 6.07) is 6.60. The molecule has 146 valence electrons. The first-order valence-corrected chi connectivity index (χ1v) is 9.06. The van der Waals surface area contributed by atoms with E-state index in [2.05, 4.69) is 5.32 Å². The Hall–Kier alpha value is -3.08. The minimum Gasteiger partial charge on any atom is -0.496 e. The van der Waals surface area contributed by atoms with Crippen LogP contribution in [0.1, 0.15) is 34.9 Å². The molecule has 1 aromatic heterocycles. The Morgan fingerprint density at radius 3 is 2.50 bits per heavy atom. The minimum absolute atomic E-state index is 0.333. The third-order valence-corrected chi connectivity index (χ3v) is 5.06. The Labute approximate surface area is 164 Å². The van der Waals surface area contributed by atoms with Crippen LogP contribution in [0.2, 0.25) is 0 Å². The number of aryl methyl sites for hydroxylation is 4. The quantitative estimate of drug-likeness (QED) is 0.576. The number of ether oxygens (including phenoxy) is 1. The summed E-state index contributed by atoms with van der Waals surface area (Å²) in [5, 5.41) is 3.70. The zero-order valence-corrected chi connectivity index (χ0v) is 17.0. The van der Waals surface area contributed by atoms with Gasteiger partial charge in [0, 0.05) is 28.3 Å². The number of rotatable bonds is 4. The Bertz CT molecular complexity index is 1110. The number of halogens is 1. The number of amides is 1. The standard InChI is InChI=1S/C23H24FNO3/c1-12-7-8-17(10-20(12)24)25-21(26)9-13(2)18-11-19-14(3)16(5)28-23(19)15(4)22(18)27-6/h7-11H,1-6H3,(H,25,26)/b13-9+. The Kier molecular flexibility index (Phi) is 5.27. The number of hydrogen-bond acceptors (Lipinski definition) is 3. The lowest BCUT2D eigenvalue weighted by atomic mass is 9.98. The van der Waals surface area contributed by atoms with Gasteiger partial charge in [-0.15, -0.1) is 0 Å². The third-order valence-electron chi connectivity index (χ3n) is 5.06. The fraction of sp³-hybridized carbons (Fsp3) is 0.261. The maximum atomic E-state index is 13.7. The van der Waals surface area contributed by atoms with E-state index >= 15 is 0 Å². The van der Waals surface area contributed by atoms with Crippen LogP contribution in [0, 0.1) is 33.5 Å². The van der Waals surface area contributed by atoms with Crippen molar-refractivity contribution in [2.45, 2.75) is 34.6 Å². The second-order valence-corrected chi connectivity index (χ2v) is 7.02. The van der Waals surface area contributed by atoms with Crippen LogP contribution in [0.25, 0.3) is 16.5 Å². The number of nitrogens with one attached hydrogen (secondary N) is 1. The first-order valence-electron chi connectivity index (χ1n) is 9.06. The van der Waals surface area contributed by atoms with Crippen LogP contribution in [-0.4, -0.2) is 13.0 Å². The molecule has 0 aliphatic heterocycles. The lowest BCUT2D eigenvalue weighted by Crippen LogP contribution is -2.09. The lowest BCUT2D eigenvalue weighted by molar-refractivity contribution is -0.111. The molecule has 0 bridgehead atoms. The molecule has 0 unspecified atom stereocenters. The molecule has 0 aliphatic rings. The van der Waals surface area contributed by atoms with Gasteiger partial charge in [-0.3, -0.25) is 4.79 Å². The first kappa shape index (κ1) is 19.7. The zero-order valence-electron chi connectivity index (χ0n) is 17.0. The highest BCUT2D eigenvalue weighted by Crippen LogP contribution is 2.38. The number of fused-ring (bicyclic) bond motifs is 1. The number of benzene rings is 2. The number of hydrogen-bond donors (Lipinski definition) is 1. The highest BCUT2D eigenvalue weighted by atomic mass is 19.1. The van der Waals surface area contributed by atoms with Crippen molar-refractivity contribution in [2.75, 3.05) is 12.4 Å². The molecule has 0 saturated heterocycles. The molecule has 0 saturated carbocycles. The molecule has 0 aliphatic carbocycles. The second kappa shape index (κ2) is 7.50. The number of furan rings is 1. The molecule has 0 atom stereocenters. The van der Waals surface area contributed by atoms with Crippen LogP contribution in [0.15, 0.2) is 34.8 Å². The topological polar surface area (TPSA) is 51.5 Å². The van der Waals surface area contributed by atoms with Crippen LogP contribution in [0.3, 0.4) is 0 Å². The molecule has 2 aromatic carbocycles. The first-order chi connectivity index (χ1) is 13.2. The summed E-state index contributed by atoms with van der Waals surface area (Å²) in [5.41, 5.74) is 5.25. The smallest absolute Gasteiger partial charge is 0.248 e. The van der Waals surface area contributed by atoms with Crippen molar-refractivity contribution >= 4 is 28.1 Å². The molecule has 3 aromatic rings. The fourth-order valence-corrected chi connectivity index (χ4v) is 3.29. The molecule has 0 radical (unpaired) electrons. The van der Waals surface area contributed by atoms with E-state index in [1.54, 1.807) is 26.2 Å². The molecule has 4 nitrogen and oxygen atoms in total. The van der Waals surface area contributed by atoms with E-state index in [0.29, 0.717) is 17.0 Å². The van der Waals surface area contributed by atoms with E-state index in [-0.39, 0.29) is 11.7 Å². The summed E-state index contributed by atoms with van der Waals surface area (Å²) in [4.78, 5) is 12.4. The molecule has 1 amide bonds. The van der Waals surface area contributed by atoms with Gasteiger partial charge < -0.3 is 14.5 Å². The largest absolute Gasteiger partial charge is 0.496 e. The van der Waals surface area contributed by atoms with Crippen LogP contribution in [0.5, 0.6) is 5.75 Å². The van der Waals surface area contributed by atoms with E-state index in [9.17, 15) is 9.18 Å². The molecule has 5 heteroatoms. The highest BCUT2D eigenvalue weighted by molar-refractivity contribution is 6.05. The van der Waals surface area contributed by atoms with Crippen molar-refractivity contribution in [2.24, 2.45) is 0 Å². The fourth-order valence-electron chi connectivity index (χ4n) is 3.29. The monoisotopic (exact) mass is 381 g/mol. The minimum atomic E-state index is -0.355. The second-order valence-electron chi connectivity index (χ2n) is 7.02. The molecule has 3 rings (SSSR count). The van der Waals surface area contributed by atoms with E-state index in [1.165, 1.54) is 12.1 Å². The SMILES string of the molecule is COc1c(/C(C)=C/C(=O)Nc2ccc(C)c(F)c2)cc2c(C)c(C)oc2c1C. The zero-order chi connectivity index (χ0) is 20.6. The molecule has 0 spiro atoms. The van der Waals surface area contributed by atoms with Crippen LogP contribution >= 0.6 is 0 Å². The molecule has 0 fully saturated rings. The number of carbonyl (C=O) groups excluding carboxylic acids is 1.